The normalized spacial score (nSPS) is 14.0. The van der Waals surface area contributed by atoms with Gasteiger partial charge < -0.3 is 5.32 Å². The van der Waals surface area contributed by atoms with E-state index in [1.54, 1.807) is 6.08 Å². The Morgan fingerprint density at radius 3 is 2.61 bits per heavy atom. The average molecular weight is 324 g/mol. The lowest BCUT2D eigenvalue weighted by Gasteiger charge is -2.17. The number of nitrogens with one attached hydrogen (secondary N) is 1. The van der Waals surface area contributed by atoms with Crippen LogP contribution >= 0.6 is 11.6 Å². The van der Waals surface area contributed by atoms with Crippen LogP contribution in [0.15, 0.2) is 66.3 Å². The van der Waals surface area contributed by atoms with Gasteiger partial charge in [-0.3, -0.25) is 4.79 Å². The zero-order valence-corrected chi connectivity index (χ0v) is 13.7. The first-order chi connectivity index (χ1) is 11.1. The van der Waals surface area contributed by atoms with Gasteiger partial charge in [-0.25, -0.2) is 0 Å². The van der Waals surface area contributed by atoms with Crippen molar-refractivity contribution in [3.63, 3.8) is 0 Å². The third-order valence-electron chi connectivity index (χ3n) is 3.95. The summed E-state index contributed by atoms with van der Waals surface area (Å²) in [6.07, 6.45) is 5.17. The van der Waals surface area contributed by atoms with Crippen molar-refractivity contribution in [1.29, 1.82) is 0 Å². The molecule has 0 atom stereocenters. The van der Waals surface area contributed by atoms with Gasteiger partial charge in [0.2, 0.25) is 5.91 Å². The number of halogens is 1. The van der Waals surface area contributed by atoms with Gasteiger partial charge in [0, 0.05) is 11.8 Å². The third kappa shape index (κ3) is 3.72. The Morgan fingerprint density at radius 2 is 1.83 bits per heavy atom. The van der Waals surface area contributed by atoms with Gasteiger partial charge in [0.25, 0.3) is 0 Å². The molecule has 0 saturated heterocycles. The molecule has 2 aromatic rings. The predicted molar refractivity (Wildman–Crippen MR) is 96.5 cm³/mol. The molecule has 0 bridgehead atoms. The quantitative estimate of drug-likeness (QED) is 0.783. The smallest absolute Gasteiger partial charge is 0.248 e. The van der Waals surface area contributed by atoms with Crippen LogP contribution in [0.4, 0.5) is 5.69 Å². The van der Waals surface area contributed by atoms with Crippen LogP contribution in [0.25, 0.3) is 5.03 Å². The first-order valence-electron chi connectivity index (χ1n) is 7.66. The molecule has 0 fully saturated rings. The Morgan fingerprint density at radius 1 is 1.09 bits per heavy atom. The van der Waals surface area contributed by atoms with Crippen LogP contribution in [-0.2, 0) is 11.2 Å². The number of allylic oxidation sites excluding steroid dienone is 2. The number of hydrogen-bond acceptors (Lipinski definition) is 1. The maximum absolute atomic E-state index is 12.0. The third-order valence-corrected chi connectivity index (χ3v) is 4.40. The first-order valence-corrected chi connectivity index (χ1v) is 8.04. The molecule has 1 aliphatic rings. The zero-order chi connectivity index (χ0) is 16.2. The van der Waals surface area contributed by atoms with Crippen molar-refractivity contribution in [2.45, 2.75) is 19.8 Å². The summed E-state index contributed by atoms with van der Waals surface area (Å²) in [7, 11) is 0. The van der Waals surface area contributed by atoms with Crippen molar-refractivity contribution in [2.24, 2.45) is 0 Å². The van der Waals surface area contributed by atoms with Crippen LogP contribution in [0.5, 0.6) is 0 Å². The number of amides is 1. The lowest BCUT2D eigenvalue weighted by atomic mass is 9.92. The van der Waals surface area contributed by atoms with Crippen LogP contribution in [0, 0.1) is 6.92 Å². The van der Waals surface area contributed by atoms with E-state index in [1.165, 1.54) is 5.56 Å². The number of fused-ring (bicyclic) bond motifs is 1. The fraction of sp³-hybridized carbons (Fsp3) is 0.150. The van der Waals surface area contributed by atoms with Crippen molar-refractivity contribution in [2.75, 3.05) is 5.32 Å². The molecule has 2 nitrogen and oxygen atoms in total. The van der Waals surface area contributed by atoms with Gasteiger partial charge in [-0.15, -0.1) is 0 Å². The van der Waals surface area contributed by atoms with E-state index < -0.39 is 0 Å². The summed E-state index contributed by atoms with van der Waals surface area (Å²) in [4.78, 5) is 12.0. The van der Waals surface area contributed by atoms with Crippen molar-refractivity contribution < 1.29 is 4.79 Å². The lowest BCUT2D eigenvalue weighted by molar-refractivity contribution is -0.111. The van der Waals surface area contributed by atoms with Gasteiger partial charge in [0.05, 0.1) is 5.03 Å². The van der Waals surface area contributed by atoms with E-state index in [4.69, 9.17) is 11.6 Å². The number of rotatable bonds is 3. The fourth-order valence-electron chi connectivity index (χ4n) is 2.66. The molecular weight excluding hydrogens is 306 g/mol. The minimum atomic E-state index is -0.148. The predicted octanol–water partition coefficient (Wildman–Crippen LogP) is 5.09. The van der Waals surface area contributed by atoms with Crippen LogP contribution in [0.3, 0.4) is 0 Å². The average Bonchev–Trinajstić information content (AvgIpc) is 2.57. The molecule has 23 heavy (non-hydrogen) atoms. The van der Waals surface area contributed by atoms with E-state index in [-0.39, 0.29) is 5.91 Å². The summed E-state index contributed by atoms with van der Waals surface area (Å²) in [6.45, 7) is 2.01. The first kappa shape index (κ1) is 15.6. The second kappa shape index (κ2) is 6.84. The van der Waals surface area contributed by atoms with Gasteiger partial charge in [0.1, 0.15) is 0 Å². The van der Waals surface area contributed by atoms with Gasteiger partial charge in [-0.1, -0.05) is 59.6 Å². The summed E-state index contributed by atoms with van der Waals surface area (Å²) in [5.41, 5.74) is 5.29. The highest BCUT2D eigenvalue weighted by molar-refractivity contribution is 6.49. The van der Waals surface area contributed by atoms with Gasteiger partial charge in [-0.05, 0) is 48.6 Å². The number of anilines is 1. The molecule has 0 aromatic heterocycles. The Kier molecular flexibility index (Phi) is 4.63. The van der Waals surface area contributed by atoms with E-state index in [0.29, 0.717) is 0 Å². The van der Waals surface area contributed by atoms with E-state index >= 15 is 0 Å². The maximum atomic E-state index is 12.0. The molecule has 2 aromatic carbocycles. The van der Waals surface area contributed by atoms with Crippen LogP contribution in [-0.4, -0.2) is 5.91 Å². The molecule has 0 spiro atoms. The monoisotopic (exact) mass is 323 g/mol. The molecule has 3 heteroatoms. The minimum Gasteiger partial charge on any atom is -0.323 e. The van der Waals surface area contributed by atoms with Crippen molar-refractivity contribution in [3.05, 3.63) is 82.9 Å². The fourth-order valence-corrected chi connectivity index (χ4v) is 3.00. The molecule has 0 saturated carbocycles. The Labute approximate surface area is 141 Å². The number of hydrogen-bond donors (Lipinski definition) is 1. The molecular formula is C20H18ClNO. The highest BCUT2D eigenvalue weighted by atomic mass is 35.5. The topological polar surface area (TPSA) is 29.1 Å². The molecule has 0 aliphatic heterocycles. The molecule has 0 heterocycles. The van der Waals surface area contributed by atoms with Crippen LogP contribution in [0.2, 0.25) is 0 Å². The van der Waals surface area contributed by atoms with Gasteiger partial charge in [-0.2, -0.15) is 0 Å². The summed E-state index contributed by atoms with van der Waals surface area (Å²) in [5.74, 6) is -0.148. The standard InChI is InChI=1S/C20H18ClNO/c1-14-6-11-17(12-7-14)22-19(23)13-10-16-9-8-15-4-2-3-5-18(15)20(16)21/h2-7,10-13H,8-9H2,1H3,(H,22,23). The molecule has 3 rings (SSSR count). The van der Waals surface area contributed by atoms with E-state index in [1.807, 2.05) is 55.5 Å². The lowest BCUT2D eigenvalue weighted by Crippen LogP contribution is -2.08. The zero-order valence-electron chi connectivity index (χ0n) is 13.0. The van der Waals surface area contributed by atoms with Crippen molar-refractivity contribution >= 4 is 28.2 Å². The van der Waals surface area contributed by atoms with E-state index in [2.05, 4.69) is 11.4 Å². The minimum absolute atomic E-state index is 0.148. The number of benzene rings is 2. The summed E-state index contributed by atoms with van der Waals surface area (Å²) < 4.78 is 0. The molecule has 1 aliphatic carbocycles. The Balaban J connectivity index is 1.72. The van der Waals surface area contributed by atoms with E-state index in [9.17, 15) is 4.79 Å². The van der Waals surface area contributed by atoms with Crippen molar-refractivity contribution in [1.82, 2.24) is 0 Å². The SMILES string of the molecule is Cc1ccc(NC(=O)C=CC2=C(Cl)c3ccccc3CC2)cc1. The molecule has 1 amide bonds. The van der Waals surface area contributed by atoms with Crippen LogP contribution < -0.4 is 5.32 Å². The van der Waals surface area contributed by atoms with Gasteiger partial charge >= 0.3 is 0 Å². The highest BCUT2D eigenvalue weighted by Gasteiger charge is 2.15. The molecule has 1 N–H and O–H groups in total. The number of aryl methyl sites for hydroxylation is 2. The number of carbonyl (C=O) groups is 1. The van der Waals surface area contributed by atoms with Crippen LogP contribution in [0.1, 0.15) is 23.1 Å². The Bertz CT molecular complexity index is 788. The maximum Gasteiger partial charge on any atom is 0.248 e. The molecule has 116 valence electrons. The second-order valence-corrected chi connectivity index (χ2v) is 6.06. The van der Waals surface area contributed by atoms with Gasteiger partial charge in [0.15, 0.2) is 0 Å². The second-order valence-electron chi connectivity index (χ2n) is 5.68. The Hall–Kier alpha value is -2.32. The van der Waals surface area contributed by atoms with Crippen molar-refractivity contribution in [3.8, 4) is 0 Å². The molecule has 0 unspecified atom stereocenters. The largest absolute Gasteiger partial charge is 0.323 e. The summed E-state index contributed by atoms with van der Waals surface area (Å²) in [5, 5.41) is 3.59. The molecule has 0 radical (unpaired) electrons. The number of carbonyl (C=O) groups excluding carboxylic acids is 1. The summed E-state index contributed by atoms with van der Waals surface area (Å²) >= 11 is 6.47. The highest BCUT2D eigenvalue weighted by Crippen LogP contribution is 2.34. The summed E-state index contributed by atoms with van der Waals surface area (Å²) in [6, 6.07) is 15.9. The van der Waals surface area contributed by atoms with E-state index in [0.717, 1.165) is 40.3 Å².